The molecule has 2 rings (SSSR count). The van der Waals surface area contributed by atoms with Crippen LogP contribution in [0, 0.1) is 0 Å². The van der Waals surface area contributed by atoms with Crippen molar-refractivity contribution in [1.29, 1.82) is 0 Å². The molecule has 0 spiro atoms. The monoisotopic (exact) mass is 239 g/mol. The molecule has 1 aliphatic carbocycles. The summed E-state index contributed by atoms with van der Waals surface area (Å²) in [5.74, 6) is -0.928. The van der Waals surface area contributed by atoms with E-state index in [4.69, 9.17) is 5.11 Å². The SMILES string of the molecule is CCC(C(=O)O)n1cc(C2(O)CCCC2)nn1. The van der Waals surface area contributed by atoms with Gasteiger partial charge in [-0.25, -0.2) is 9.48 Å². The van der Waals surface area contributed by atoms with E-state index < -0.39 is 17.6 Å². The zero-order valence-electron chi connectivity index (χ0n) is 9.83. The van der Waals surface area contributed by atoms with Gasteiger partial charge in [0, 0.05) is 0 Å². The van der Waals surface area contributed by atoms with Crippen molar-refractivity contribution in [3.05, 3.63) is 11.9 Å². The molecule has 2 N–H and O–H groups in total. The molecule has 6 nitrogen and oxygen atoms in total. The van der Waals surface area contributed by atoms with Gasteiger partial charge in [-0.1, -0.05) is 25.0 Å². The minimum absolute atomic E-state index is 0.441. The van der Waals surface area contributed by atoms with E-state index in [2.05, 4.69) is 10.3 Å². The highest BCUT2D eigenvalue weighted by atomic mass is 16.4. The Balaban J connectivity index is 2.23. The van der Waals surface area contributed by atoms with Crippen molar-refractivity contribution >= 4 is 5.97 Å². The normalized spacial score (nSPS) is 20.4. The third-order valence-electron chi connectivity index (χ3n) is 3.41. The second-order valence-corrected chi connectivity index (χ2v) is 4.58. The molecule has 0 radical (unpaired) electrons. The molecule has 0 aliphatic heterocycles. The van der Waals surface area contributed by atoms with Gasteiger partial charge >= 0.3 is 5.97 Å². The summed E-state index contributed by atoms with van der Waals surface area (Å²) in [4.78, 5) is 11.0. The Morgan fingerprint density at radius 2 is 2.24 bits per heavy atom. The first-order valence-electron chi connectivity index (χ1n) is 5.94. The van der Waals surface area contributed by atoms with Gasteiger partial charge in [0.2, 0.25) is 0 Å². The lowest BCUT2D eigenvalue weighted by Gasteiger charge is -2.18. The second kappa shape index (κ2) is 4.44. The third-order valence-corrected chi connectivity index (χ3v) is 3.41. The largest absolute Gasteiger partial charge is 0.480 e. The Bertz CT molecular complexity index is 410. The molecule has 0 amide bonds. The van der Waals surface area contributed by atoms with Crippen LogP contribution < -0.4 is 0 Å². The van der Waals surface area contributed by atoms with Crippen molar-refractivity contribution < 1.29 is 15.0 Å². The maximum Gasteiger partial charge on any atom is 0.328 e. The van der Waals surface area contributed by atoms with E-state index in [-0.39, 0.29) is 0 Å². The van der Waals surface area contributed by atoms with Crippen LogP contribution in [0.5, 0.6) is 0 Å². The summed E-state index contributed by atoms with van der Waals surface area (Å²) in [7, 11) is 0. The molecule has 1 unspecified atom stereocenters. The maximum atomic E-state index is 11.0. The van der Waals surface area contributed by atoms with E-state index in [1.54, 1.807) is 13.1 Å². The Labute approximate surface area is 99.3 Å². The van der Waals surface area contributed by atoms with E-state index in [9.17, 15) is 9.90 Å². The maximum absolute atomic E-state index is 11.0. The number of hydrogen-bond donors (Lipinski definition) is 2. The summed E-state index contributed by atoms with van der Waals surface area (Å²) < 4.78 is 1.33. The molecule has 1 saturated carbocycles. The summed E-state index contributed by atoms with van der Waals surface area (Å²) in [6.45, 7) is 1.78. The number of aromatic nitrogens is 3. The number of aliphatic hydroxyl groups is 1. The smallest absolute Gasteiger partial charge is 0.328 e. The topological polar surface area (TPSA) is 88.2 Å². The van der Waals surface area contributed by atoms with Crippen LogP contribution in [0.25, 0.3) is 0 Å². The van der Waals surface area contributed by atoms with Gasteiger partial charge in [-0.05, 0) is 19.3 Å². The van der Waals surface area contributed by atoms with Crippen LogP contribution in [0.2, 0.25) is 0 Å². The first kappa shape index (κ1) is 12.0. The molecule has 0 aromatic carbocycles. The zero-order valence-corrected chi connectivity index (χ0v) is 9.83. The predicted molar refractivity (Wildman–Crippen MR) is 59.4 cm³/mol. The van der Waals surface area contributed by atoms with Gasteiger partial charge < -0.3 is 10.2 Å². The van der Waals surface area contributed by atoms with Crippen molar-refractivity contribution in [3.8, 4) is 0 Å². The van der Waals surface area contributed by atoms with Gasteiger partial charge in [-0.15, -0.1) is 5.10 Å². The van der Waals surface area contributed by atoms with Crippen LogP contribution in [0.3, 0.4) is 0 Å². The number of hydrogen-bond acceptors (Lipinski definition) is 4. The van der Waals surface area contributed by atoms with Crippen LogP contribution in [0.15, 0.2) is 6.20 Å². The lowest BCUT2D eigenvalue weighted by atomic mass is 9.99. The van der Waals surface area contributed by atoms with Crippen LogP contribution >= 0.6 is 0 Å². The van der Waals surface area contributed by atoms with E-state index in [1.807, 2.05) is 0 Å². The van der Waals surface area contributed by atoms with Crippen molar-refractivity contribution in [1.82, 2.24) is 15.0 Å². The summed E-state index contributed by atoms with van der Waals surface area (Å²) in [5, 5.41) is 27.1. The number of carbonyl (C=O) groups is 1. The van der Waals surface area contributed by atoms with Gasteiger partial charge in [0.1, 0.15) is 11.3 Å². The molecule has 94 valence electrons. The summed E-state index contributed by atoms with van der Waals surface area (Å²) >= 11 is 0. The molecule has 0 saturated heterocycles. The summed E-state index contributed by atoms with van der Waals surface area (Å²) in [6.07, 6.45) is 5.30. The molecule has 0 bridgehead atoms. The Hall–Kier alpha value is -1.43. The number of nitrogens with zero attached hydrogens (tertiary/aromatic N) is 3. The first-order chi connectivity index (χ1) is 8.07. The molecule has 1 fully saturated rings. The van der Waals surface area contributed by atoms with Gasteiger partial charge in [0.05, 0.1) is 6.20 Å². The number of aliphatic carboxylic acids is 1. The Morgan fingerprint density at radius 1 is 1.59 bits per heavy atom. The molecule has 1 aliphatic rings. The molecular weight excluding hydrogens is 222 g/mol. The highest BCUT2D eigenvalue weighted by Crippen LogP contribution is 2.37. The zero-order chi connectivity index (χ0) is 12.5. The van der Waals surface area contributed by atoms with Crippen molar-refractivity contribution in [2.75, 3.05) is 0 Å². The van der Waals surface area contributed by atoms with E-state index in [0.717, 1.165) is 12.8 Å². The third kappa shape index (κ3) is 2.17. The number of carboxylic acids is 1. The van der Waals surface area contributed by atoms with Crippen LogP contribution in [0.4, 0.5) is 0 Å². The van der Waals surface area contributed by atoms with E-state index >= 15 is 0 Å². The average Bonchev–Trinajstić information content (AvgIpc) is 2.88. The first-order valence-corrected chi connectivity index (χ1v) is 5.94. The number of rotatable bonds is 4. The Morgan fingerprint density at radius 3 is 2.76 bits per heavy atom. The van der Waals surface area contributed by atoms with Crippen LogP contribution in [-0.2, 0) is 10.4 Å². The molecule has 1 aromatic heterocycles. The van der Waals surface area contributed by atoms with Crippen molar-refractivity contribution in [2.24, 2.45) is 0 Å². The standard InChI is InChI=1S/C11H17N3O3/c1-2-8(10(15)16)14-7-9(12-13-14)11(17)5-3-4-6-11/h7-8,17H,2-6H2,1H3,(H,15,16). The van der Waals surface area contributed by atoms with Crippen molar-refractivity contribution in [3.63, 3.8) is 0 Å². The van der Waals surface area contributed by atoms with Gasteiger partial charge in [0.15, 0.2) is 6.04 Å². The molecule has 17 heavy (non-hydrogen) atoms. The fraction of sp³-hybridized carbons (Fsp3) is 0.727. The van der Waals surface area contributed by atoms with E-state index in [0.29, 0.717) is 25.0 Å². The summed E-state index contributed by atoms with van der Waals surface area (Å²) in [6, 6.07) is -0.707. The van der Waals surface area contributed by atoms with Gasteiger partial charge in [0.25, 0.3) is 0 Å². The molecule has 1 aromatic rings. The Kier molecular flexibility index (Phi) is 3.15. The van der Waals surface area contributed by atoms with Gasteiger partial charge in [-0.2, -0.15) is 0 Å². The summed E-state index contributed by atoms with van der Waals surface area (Å²) in [5.41, 5.74) is -0.413. The fourth-order valence-electron chi connectivity index (χ4n) is 2.33. The molecule has 6 heteroatoms. The number of carboxylic acid groups (broad SMARTS) is 1. The van der Waals surface area contributed by atoms with Crippen LogP contribution in [0.1, 0.15) is 50.8 Å². The lowest BCUT2D eigenvalue weighted by Crippen LogP contribution is -2.22. The van der Waals surface area contributed by atoms with Crippen LogP contribution in [-0.4, -0.2) is 31.2 Å². The minimum atomic E-state index is -0.928. The molecule has 1 heterocycles. The van der Waals surface area contributed by atoms with Crippen molar-refractivity contribution in [2.45, 2.75) is 50.7 Å². The molecule has 1 atom stereocenters. The minimum Gasteiger partial charge on any atom is -0.480 e. The highest BCUT2D eigenvalue weighted by molar-refractivity contribution is 5.71. The van der Waals surface area contributed by atoms with E-state index in [1.165, 1.54) is 4.68 Å². The molecular formula is C11H17N3O3. The predicted octanol–water partition coefficient (Wildman–Crippen LogP) is 1.08. The quantitative estimate of drug-likeness (QED) is 0.820. The second-order valence-electron chi connectivity index (χ2n) is 4.58. The highest BCUT2D eigenvalue weighted by Gasteiger charge is 2.36. The lowest BCUT2D eigenvalue weighted by molar-refractivity contribution is -0.141. The average molecular weight is 239 g/mol. The van der Waals surface area contributed by atoms with Gasteiger partial charge in [-0.3, -0.25) is 0 Å². The fourth-order valence-corrected chi connectivity index (χ4v) is 2.33.